The van der Waals surface area contributed by atoms with E-state index in [1.165, 1.54) is 11.1 Å². The lowest BCUT2D eigenvalue weighted by molar-refractivity contribution is 1.58. The van der Waals surface area contributed by atoms with Crippen LogP contribution in [-0.2, 0) is 0 Å². The van der Waals surface area contributed by atoms with Crippen molar-refractivity contribution in [1.82, 2.24) is 0 Å². The van der Waals surface area contributed by atoms with E-state index in [1.807, 2.05) is 6.07 Å². The van der Waals surface area contributed by atoms with E-state index in [9.17, 15) is 0 Å². The van der Waals surface area contributed by atoms with Crippen molar-refractivity contribution < 1.29 is 0 Å². The van der Waals surface area contributed by atoms with Crippen LogP contribution in [0.1, 0.15) is 12.5 Å². The van der Waals surface area contributed by atoms with Gasteiger partial charge >= 0.3 is 0 Å². The van der Waals surface area contributed by atoms with Gasteiger partial charge in [0.15, 0.2) is 0 Å². The smallest absolute Gasteiger partial charge is 0.120 e. The first-order chi connectivity index (χ1) is 4.84. The summed E-state index contributed by atoms with van der Waals surface area (Å²) in [6.07, 6.45) is 0. The molecule has 0 unspecified atom stereocenters. The summed E-state index contributed by atoms with van der Waals surface area (Å²) < 4.78 is 0. The lowest BCUT2D eigenvalue weighted by Gasteiger charge is -1.97. The molecule has 0 bridgehead atoms. The molecule has 0 aromatic heterocycles. The van der Waals surface area contributed by atoms with E-state index in [4.69, 9.17) is 0 Å². The van der Waals surface area contributed by atoms with Crippen LogP contribution >= 0.6 is 0 Å². The third-order valence-electron chi connectivity index (χ3n) is 1.66. The summed E-state index contributed by atoms with van der Waals surface area (Å²) in [6.45, 7) is 2.12. The molecular formula is C9H11B. The maximum atomic E-state index is 2.12. The van der Waals surface area contributed by atoms with Crippen LogP contribution in [0.25, 0.3) is 5.57 Å². The SMILES string of the molecule is BC=C(C)c1ccccc1. The van der Waals surface area contributed by atoms with Gasteiger partial charge in [-0.25, -0.2) is 0 Å². The minimum absolute atomic E-state index is 1.31. The van der Waals surface area contributed by atoms with Crippen molar-refractivity contribution in [1.29, 1.82) is 0 Å². The van der Waals surface area contributed by atoms with Gasteiger partial charge in [0, 0.05) is 0 Å². The summed E-state index contributed by atoms with van der Waals surface area (Å²) in [5, 5.41) is 0. The summed E-state index contributed by atoms with van der Waals surface area (Å²) >= 11 is 0. The standard InChI is InChI=1S/C9H11B/c1-8(7-10)9-5-3-2-4-6-9/h2-7H,10H2,1H3. The molecule has 1 aromatic carbocycles. The molecule has 0 spiro atoms. The monoisotopic (exact) mass is 130 g/mol. The Morgan fingerprint density at radius 3 is 2.40 bits per heavy atom. The molecule has 0 saturated carbocycles. The number of benzene rings is 1. The quantitative estimate of drug-likeness (QED) is 0.507. The first kappa shape index (κ1) is 7.14. The largest absolute Gasteiger partial charge is 0.129 e. The Hall–Kier alpha value is -0.975. The Kier molecular flexibility index (Phi) is 2.32. The van der Waals surface area contributed by atoms with Crippen molar-refractivity contribution in [2.24, 2.45) is 0 Å². The Bertz CT molecular complexity index is 224. The summed E-state index contributed by atoms with van der Waals surface area (Å²) in [4.78, 5) is 0. The number of hydrogen-bond donors (Lipinski definition) is 0. The third-order valence-corrected chi connectivity index (χ3v) is 1.66. The van der Waals surface area contributed by atoms with Gasteiger partial charge in [-0.05, 0) is 12.5 Å². The van der Waals surface area contributed by atoms with E-state index in [1.54, 1.807) is 0 Å². The van der Waals surface area contributed by atoms with Crippen LogP contribution < -0.4 is 0 Å². The summed E-state index contributed by atoms with van der Waals surface area (Å²) in [6, 6.07) is 10.4. The lowest BCUT2D eigenvalue weighted by Crippen LogP contribution is -1.76. The van der Waals surface area contributed by atoms with Crippen LogP contribution in [-0.4, -0.2) is 7.85 Å². The molecule has 0 radical (unpaired) electrons. The zero-order valence-corrected chi connectivity index (χ0v) is 6.46. The highest BCUT2D eigenvalue weighted by Crippen LogP contribution is 2.10. The zero-order chi connectivity index (χ0) is 7.40. The van der Waals surface area contributed by atoms with E-state index in [2.05, 4.69) is 45.0 Å². The fourth-order valence-electron chi connectivity index (χ4n) is 0.868. The molecule has 50 valence electrons. The van der Waals surface area contributed by atoms with Gasteiger partial charge in [-0.2, -0.15) is 0 Å². The first-order valence-corrected chi connectivity index (χ1v) is 3.53. The molecule has 0 saturated heterocycles. The second kappa shape index (κ2) is 3.26. The topological polar surface area (TPSA) is 0 Å². The zero-order valence-electron chi connectivity index (χ0n) is 6.46. The lowest BCUT2D eigenvalue weighted by atomic mass is 10.00. The van der Waals surface area contributed by atoms with Crippen LogP contribution in [0.3, 0.4) is 0 Å². The predicted molar refractivity (Wildman–Crippen MR) is 48.6 cm³/mol. The van der Waals surface area contributed by atoms with Gasteiger partial charge in [0.2, 0.25) is 0 Å². The predicted octanol–water partition coefficient (Wildman–Crippen LogP) is 1.68. The molecule has 1 rings (SSSR count). The highest BCUT2D eigenvalue weighted by atomic mass is 13.9. The molecule has 0 heterocycles. The maximum absolute atomic E-state index is 2.12. The average molecular weight is 130 g/mol. The second-order valence-electron chi connectivity index (χ2n) is 2.34. The van der Waals surface area contributed by atoms with Crippen LogP contribution in [0.15, 0.2) is 36.3 Å². The Labute approximate surface area is 63.0 Å². The van der Waals surface area contributed by atoms with Crippen molar-refractivity contribution in [2.75, 3.05) is 0 Å². The maximum Gasteiger partial charge on any atom is 0.129 e. The number of rotatable bonds is 1. The molecule has 10 heavy (non-hydrogen) atoms. The molecule has 0 aliphatic carbocycles. The van der Waals surface area contributed by atoms with Crippen molar-refractivity contribution in [3.63, 3.8) is 0 Å². The highest BCUT2D eigenvalue weighted by Gasteiger charge is 1.88. The summed E-state index contributed by atoms with van der Waals surface area (Å²) in [5.74, 6) is 2.12. The van der Waals surface area contributed by atoms with Gasteiger partial charge in [0.05, 0.1) is 0 Å². The third kappa shape index (κ3) is 1.50. The van der Waals surface area contributed by atoms with E-state index < -0.39 is 0 Å². The van der Waals surface area contributed by atoms with Gasteiger partial charge in [0.25, 0.3) is 0 Å². The summed E-state index contributed by atoms with van der Waals surface area (Å²) in [5.41, 5.74) is 2.64. The Balaban J connectivity index is 2.96. The fraction of sp³-hybridized carbons (Fsp3) is 0.111. The van der Waals surface area contributed by atoms with Crippen LogP contribution in [0.5, 0.6) is 0 Å². The van der Waals surface area contributed by atoms with E-state index in [-0.39, 0.29) is 0 Å². The normalized spacial score (nSPS) is 11.5. The number of allylic oxidation sites excluding steroid dienone is 1. The van der Waals surface area contributed by atoms with Crippen LogP contribution in [0.4, 0.5) is 0 Å². The highest BCUT2D eigenvalue weighted by molar-refractivity contribution is 6.20. The molecule has 0 fully saturated rings. The minimum Gasteiger partial charge on any atom is -0.120 e. The minimum atomic E-state index is 1.31. The van der Waals surface area contributed by atoms with E-state index in [0.29, 0.717) is 0 Å². The van der Waals surface area contributed by atoms with E-state index in [0.717, 1.165) is 0 Å². The molecule has 0 aliphatic heterocycles. The van der Waals surface area contributed by atoms with Gasteiger partial charge in [-0.3, -0.25) is 0 Å². The van der Waals surface area contributed by atoms with Gasteiger partial charge in [-0.15, -0.1) is 5.98 Å². The van der Waals surface area contributed by atoms with Crippen LogP contribution in [0.2, 0.25) is 0 Å². The fourth-order valence-corrected chi connectivity index (χ4v) is 0.868. The van der Waals surface area contributed by atoms with Gasteiger partial charge < -0.3 is 0 Å². The molecule has 1 aromatic rings. The van der Waals surface area contributed by atoms with Gasteiger partial charge in [-0.1, -0.05) is 35.9 Å². The molecular weight excluding hydrogens is 119 g/mol. The molecule has 0 amide bonds. The molecule has 0 nitrogen and oxygen atoms in total. The molecule has 1 heteroatoms. The first-order valence-electron chi connectivity index (χ1n) is 3.53. The average Bonchev–Trinajstić information content (AvgIpc) is 2.05. The van der Waals surface area contributed by atoms with Gasteiger partial charge in [0.1, 0.15) is 7.85 Å². The van der Waals surface area contributed by atoms with E-state index >= 15 is 0 Å². The molecule has 0 N–H and O–H groups in total. The van der Waals surface area contributed by atoms with Crippen molar-refractivity contribution in [2.45, 2.75) is 6.92 Å². The van der Waals surface area contributed by atoms with Crippen molar-refractivity contribution in [3.8, 4) is 0 Å². The molecule has 0 aliphatic rings. The van der Waals surface area contributed by atoms with Crippen LogP contribution in [0, 0.1) is 0 Å². The van der Waals surface area contributed by atoms with Crippen molar-refractivity contribution in [3.05, 3.63) is 41.9 Å². The second-order valence-corrected chi connectivity index (χ2v) is 2.34. The molecule has 0 atom stereocenters. The Morgan fingerprint density at radius 1 is 1.30 bits per heavy atom. The number of hydrogen-bond acceptors (Lipinski definition) is 0. The van der Waals surface area contributed by atoms with Crippen molar-refractivity contribution >= 4 is 13.4 Å². The summed E-state index contributed by atoms with van der Waals surface area (Å²) in [7, 11) is 2.06. The Morgan fingerprint density at radius 2 is 1.90 bits per heavy atom.